The number of carboxylic acids is 1. The van der Waals surface area contributed by atoms with Gasteiger partial charge in [0.1, 0.15) is 0 Å². The van der Waals surface area contributed by atoms with Gasteiger partial charge >= 0.3 is 13.8 Å². The maximum atomic E-state index is 12.8. The van der Waals surface area contributed by atoms with Gasteiger partial charge in [0.25, 0.3) is 0 Å². The highest BCUT2D eigenvalue weighted by atomic mass is 31.2. The van der Waals surface area contributed by atoms with E-state index in [-0.39, 0.29) is 27.6 Å². The number of carboxylic acid groups (broad SMARTS) is 1. The summed E-state index contributed by atoms with van der Waals surface area (Å²) in [6.07, 6.45) is 8.93. The monoisotopic (exact) mass is 536 g/mol. The predicted molar refractivity (Wildman–Crippen MR) is 144 cm³/mol. The predicted octanol–water partition coefficient (Wildman–Crippen LogP) is 7.21. The molecule has 0 saturated heterocycles. The van der Waals surface area contributed by atoms with E-state index in [0.29, 0.717) is 30.1 Å². The molecule has 0 radical (unpaired) electrons. The number of phosphoric ester groups is 1. The van der Waals surface area contributed by atoms with Gasteiger partial charge in [-0.15, -0.1) is 0 Å². The van der Waals surface area contributed by atoms with Gasteiger partial charge in [-0.05, 0) is 122 Å². The van der Waals surface area contributed by atoms with E-state index in [4.69, 9.17) is 4.52 Å². The van der Waals surface area contributed by atoms with E-state index in [1.54, 1.807) is 0 Å². The first kappa shape index (κ1) is 27.9. The van der Waals surface area contributed by atoms with Crippen LogP contribution in [-0.2, 0) is 13.9 Å². The Labute approximate surface area is 223 Å². The highest BCUT2D eigenvalue weighted by Crippen LogP contribution is 2.77. The van der Waals surface area contributed by atoms with Gasteiger partial charge < -0.3 is 14.9 Å². The quantitative estimate of drug-likeness (QED) is 0.259. The lowest BCUT2D eigenvalue weighted by atomic mass is 9.32. The Hall–Kier alpha value is -0.680. The fourth-order valence-corrected chi connectivity index (χ4v) is 12.6. The van der Waals surface area contributed by atoms with Gasteiger partial charge in [-0.25, -0.2) is 4.57 Å². The zero-order valence-corrected chi connectivity index (χ0v) is 24.7. The first-order valence-electron chi connectivity index (χ1n) is 14.6. The number of allylic oxidation sites excluding steroid dienone is 1. The lowest BCUT2D eigenvalue weighted by Gasteiger charge is -2.72. The minimum Gasteiger partial charge on any atom is -0.481 e. The van der Waals surface area contributed by atoms with E-state index in [1.807, 2.05) is 0 Å². The normalized spacial score (nSPS) is 50.8. The molecule has 210 valence electrons. The number of hydrogen-bond acceptors (Lipinski definition) is 3. The highest BCUT2D eigenvalue weighted by molar-refractivity contribution is 7.46. The second kappa shape index (κ2) is 8.41. The summed E-state index contributed by atoms with van der Waals surface area (Å²) in [5.41, 5.74) is 0.498. The minimum atomic E-state index is -4.55. The van der Waals surface area contributed by atoms with E-state index in [9.17, 15) is 24.3 Å². The van der Waals surface area contributed by atoms with Crippen LogP contribution < -0.4 is 0 Å². The molecule has 0 bridgehead atoms. The van der Waals surface area contributed by atoms with Crippen molar-refractivity contribution in [1.29, 1.82) is 0 Å². The second-order valence-corrected chi connectivity index (χ2v) is 16.3. The number of fused-ring (bicyclic) bond motifs is 7. The van der Waals surface area contributed by atoms with Crippen LogP contribution in [0.1, 0.15) is 106 Å². The Balaban J connectivity index is 1.51. The molecule has 6 nitrogen and oxygen atoms in total. The summed E-state index contributed by atoms with van der Waals surface area (Å²) >= 11 is 0. The van der Waals surface area contributed by atoms with Gasteiger partial charge in [0.2, 0.25) is 0 Å². The van der Waals surface area contributed by atoms with Crippen molar-refractivity contribution in [3.8, 4) is 0 Å². The third-order valence-electron chi connectivity index (χ3n) is 13.7. The molecular weight excluding hydrogens is 487 g/mol. The van der Waals surface area contributed by atoms with Crippen LogP contribution in [0.3, 0.4) is 0 Å². The van der Waals surface area contributed by atoms with Crippen LogP contribution >= 0.6 is 7.82 Å². The van der Waals surface area contributed by atoms with E-state index in [0.717, 1.165) is 63.4 Å². The first-order chi connectivity index (χ1) is 16.9. The third-order valence-corrected chi connectivity index (χ3v) is 14.2. The molecule has 7 heteroatoms. The molecule has 0 aliphatic heterocycles. The highest BCUT2D eigenvalue weighted by Gasteiger charge is 2.72. The van der Waals surface area contributed by atoms with Gasteiger partial charge in [-0.3, -0.25) is 9.32 Å². The molecule has 0 aromatic carbocycles. The average molecular weight is 537 g/mol. The van der Waals surface area contributed by atoms with E-state index in [1.165, 1.54) is 0 Å². The van der Waals surface area contributed by atoms with Crippen molar-refractivity contribution in [2.24, 2.45) is 56.7 Å². The third kappa shape index (κ3) is 3.67. The minimum absolute atomic E-state index is 0.0734. The number of phosphoric acid groups is 1. The van der Waals surface area contributed by atoms with Crippen molar-refractivity contribution in [2.45, 2.75) is 112 Å². The Kier molecular flexibility index (Phi) is 6.34. The Bertz CT molecular complexity index is 1030. The number of carbonyl (C=O) groups is 1. The molecule has 5 aliphatic carbocycles. The summed E-state index contributed by atoms with van der Waals surface area (Å²) in [5, 5.41) is 10.5. The lowest BCUT2D eigenvalue weighted by molar-refractivity contribution is -0.247. The molecule has 0 aromatic rings. The van der Waals surface area contributed by atoms with E-state index < -0.39 is 25.3 Å². The van der Waals surface area contributed by atoms with Gasteiger partial charge in [-0.1, -0.05) is 46.8 Å². The average Bonchev–Trinajstić information content (AvgIpc) is 3.17. The van der Waals surface area contributed by atoms with Gasteiger partial charge in [0, 0.05) is 0 Å². The van der Waals surface area contributed by atoms with E-state index in [2.05, 4.69) is 48.1 Å². The van der Waals surface area contributed by atoms with Crippen molar-refractivity contribution < 1.29 is 28.8 Å². The molecule has 5 unspecified atom stereocenters. The Morgan fingerprint density at radius 1 is 0.865 bits per heavy atom. The molecule has 10 atom stereocenters. The van der Waals surface area contributed by atoms with Crippen molar-refractivity contribution in [3.63, 3.8) is 0 Å². The van der Waals surface area contributed by atoms with Gasteiger partial charge in [0.15, 0.2) is 0 Å². The molecule has 5 saturated carbocycles. The summed E-state index contributed by atoms with van der Waals surface area (Å²) in [5.74, 6) is 1.12. The van der Waals surface area contributed by atoms with Crippen LogP contribution in [0, 0.1) is 56.7 Å². The molecule has 37 heavy (non-hydrogen) atoms. The summed E-state index contributed by atoms with van der Waals surface area (Å²) < 4.78 is 17.1. The zero-order chi connectivity index (χ0) is 27.4. The lowest BCUT2D eigenvalue weighted by Crippen LogP contribution is -2.67. The van der Waals surface area contributed by atoms with Crippen LogP contribution in [0.5, 0.6) is 0 Å². The molecule has 0 amide bonds. The van der Waals surface area contributed by atoms with Crippen molar-refractivity contribution >= 4 is 13.8 Å². The smallest absolute Gasteiger partial charge is 0.469 e. The van der Waals surface area contributed by atoms with Crippen LogP contribution in [0.15, 0.2) is 12.2 Å². The fraction of sp³-hybridized carbons (Fsp3) is 0.900. The van der Waals surface area contributed by atoms with Crippen molar-refractivity contribution in [1.82, 2.24) is 0 Å². The first-order valence-corrected chi connectivity index (χ1v) is 16.1. The molecule has 5 fully saturated rings. The molecule has 5 aliphatic rings. The summed E-state index contributed by atoms with van der Waals surface area (Å²) in [6, 6.07) is 0. The summed E-state index contributed by atoms with van der Waals surface area (Å²) in [4.78, 5) is 32.0. The largest absolute Gasteiger partial charge is 0.481 e. The zero-order valence-electron chi connectivity index (χ0n) is 23.8. The molecule has 0 spiro atoms. The van der Waals surface area contributed by atoms with Crippen LogP contribution in [0.25, 0.3) is 0 Å². The topological polar surface area (TPSA) is 104 Å². The Morgan fingerprint density at radius 2 is 1.54 bits per heavy atom. The molecular formula is C30H49O6P. The molecule has 3 N–H and O–H groups in total. The number of aliphatic carboxylic acids is 1. The van der Waals surface area contributed by atoms with Crippen molar-refractivity contribution in [3.05, 3.63) is 12.2 Å². The van der Waals surface area contributed by atoms with Crippen LogP contribution in [-0.4, -0.2) is 27.0 Å². The standard InChI is InChI=1S/C30H49O6P/c1-18(2)19-10-15-30(25(31)32)17-16-28(6)20(24(19)30)8-9-22-27(5)13-12-23(36-37(33,34)35)26(3,4)21(27)11-14-29(22,28)7/h19-24H,1,8-17H2,2-7H3,(H,31,32)(H2,33,34,35)/t19?,20?,21?,22?,23-,24?,27-,28+,29+,30-/m0/s1. The molecule has 0 aromatic heterocycles. The van der Waals surface area contributed by atoms with Gasteiger partial charge in [0.05, 0.1) is 11.5 Å². The van der Waals surface area contributed by atoms with Crippen LogP contribution in [0.4, 0.5) is 0 Å². The molecule has 0 heterocycles. The maximum absolute atomic E-state index is 12.8. The van der Waals surface area contributed by atoms with Crippen LogP contribution in [0.2, 0.25) is 0 Å². The summed E-state index contributed by atoms with van der Waals surface area (Å²) in [7, 11) is -4.55. The van der Waals surface area contributed by atoms with Gasteiger partial charge in [-0.2, -0.15) is 0 Å². The molecule has 5 rings (SSSR count). The number of rotatable bonds is 4. The maximum Gasteiger partial charge on any atom is 0.469 e. The Morgan fingerprint density at radius 3 is 2.14 bits per heavy atom. The van der Waals surface area contributed by atoms with Crippen molar-refractivity contribution in [2.75, 3.05) is 0 Å². The second-order valence-electron chi connectivity index (χ2n) is 15.1. The summed E-state index contributed by atoms with van der Waals surface area (Å²) in [6.45, 7) is 18.2. The fourth-order valence-electron chi connectivity index (χ4n) is 11.8. The number of hydrogen-bond donors (Lipinski definition) is 3. The SMILES string of the molecule is C=C(C)C1CC[C@]2(C(=O)O)CC[C@]3(C)C(CCC4[C@@]5(C)CC[C@H](OP(=O)(O)O)C(C)(C)C5CC[C@]43C)C12. The van der Waals surface area contributed by atoms with E-state index >= 15 is 0 Å².